The molecule has 3 aliphatic rings. The van der Waals surface area contributed by atoms with Gasteiger partial charge in [0.05, 0.1) is 37.5 Å². The number of nitrogens with zero attached hydrogens (tertiary/aromatic N) is 2. The molecule has 0 spiro atoms. The van der Waals surface area contributed by atoms with Crippen molar-refractivity contribution in [2.45, 2.75) is 25.5 Å². The topological polar surface area (TPSA) is 106 Å². The van der Waals surface area contributed by atoms with Crippen LogP contribution in [0.25, 0.3) is 5.76 Å². The van der Waals surface area contributed by atoms with Crippen molar-refractivity contribution in [3.8, 4) is 5.75 Å². The van der Waals surface area contributed by atoms with Gasteiger partial charge in [0.15, 0.2) is 0 Å². The summed E-state index contributed by atoms with van der Waals surface area (Å²) in [5, 5.41) is 11.4. The Kier molecular flexibility index (Phi) is 6.99. The molecule has 1 N–H and O–H groups in total. The number of ketones is 1. The van der Waals surface area contributed by atoms with Crippen molar-refractivity contribution < 1.29 is 33.7 Å². The van der Waals surface area contributed by atoms with Gasteiger partial charge >= 0.3 is 5.97 Å². The maximum Gasteiger partial charge on any atom is 0.337 e. The van der Waals surface area contributed by atoms with Gasteiger partial charge < -0.3 is 24.2 Å². The summed E-state index contributed by atoms with van der Waals surface area (Å²) in [4.78, 5) is 42.2. The lowest BCUT2D eigenvalue weighted by molar-refractivity contribution is -0.140. The van der Waals surface area contributed by atoms with Crippen LogP contribution in [0, 0.1) is 0 Å². The Hall–Kier alpha value is -3.69. The molecule has 0 saturated carbocycles. The minimum atomic E-state index is -0.795. The lowest BCUT2D eigenvalue weighted by atomic mass is 9.94. The van der Waals surface area contributed by atoms with Crippen LogP contribution in [-0.4, -0.2) is 85.2 Å². The lowest BCUT2D eigenvalue weighted by Crippen LogP contribution is -2.42. The zero-order chi connectivity index (χ0) is 26.1. The fourth-order valence-electron chi connectivity index (χ4n) is 5.18. The number of fused-ring (bicyclic) bond motifs is 1. The van der Waals surface area contributed by atoms with Crippen LogP contribution in [0.3, 0.4) is 0 Å². The number of carbonyl (C=O) groups is 3. The molecule has 2 fully saturated rings. The molecule has 9 nitrogen and oxygen atoms in total. The van der Waals surface area contributed by atoms with Crippen LogP contribution < -0.4 is 4.74 Å². The van der Waals surface area contributed by atoms with E-state index in [1.165, 1.54) is 12.0 Å². The van der Waals surface area contributed by atoms with Crippen molar-refractivity contribution in [2.75, 3.05) is 46.5 Å². The van der Waals surface area contributed by atoms with E-state index in [2.05, 4.69) is 4.90 Å². The van der Waals surface area contributed by atoms with Crippen molar-refractivity contribution in [3.05, 3.63) is 70.3 Å². The van der Waals surface area contributed by atoms with Crippen molar-refractivity contribution in [1.82, 2.24) is 9.80 Å². The number of likely N-dealkylation sites (tertiary alicyclic amines) is 1. The Morgan fingerprint density at radius 1 is 1.05 bits per heavy atom. The molecule has 3 aliphatic heterocycles. The van der Waals surface area contributed by atoms with Crippen LogP contribution >= 0.6 is 0 Å². The van der Waals surface area contributed by atoms with Gasteiger partial charge in [0, 0.05) is 38.2 Å². The molecule has 2 atom stereocenters. The van der Waals surface area contributed by atoms with Gasteiger partial charge in [-0.25, -0.2) is 4.79 Å². The maximum atomic E-state index is 13.3. The second kappa shape index (κ2) is 10.4. The number of rotatable bonds is 6. The molecule has 37 heavy (non-hydrogen) atoms. The number of esters is 1. The first-order valence-corrected chi connectivity index (χ1v) is 12.4. The van der Waals surface area contributed by atoms with Crippen LogP contribution in [0.15, 0.2) is 48.0 Å². The summed E-state index contributed by atoms with van der Waals surface area (Å²) in [7, 11) is 1.30. The Balaban J connectivity index is 1.53. The predicted octanol–water partition coefficient (Wildman–Crippen LogP) is 2.55. The zero-order valence-corrected chi connectivity index (χ0v) is 20.9. The Morgan fingerprint density at radius 2 is 1.76 bits per heavy atom. The highest BCUT2D eigenvalue weighted by Crippen LogP contribution is 2.40. The van der Waals surface area contributed by atoms with E-state index < -0.39 is 23.7 Å². The third-order valence-corrected chi connectivity index (χ3v) is 7.12. The van der Waals surface area contributed by atoms with E-state index in [9.17, 15) is 19.5 Å². The van der Waals surface area contributed by atoms with Crippen molar-refractivity contribution in [2.24, 2.45) is 0 Å². The average Bonchev–Trinajstić information content (AvgIpc) is 3.42. The summed E-state index contributed by atoms with van der Waals surface area (Å²) in [6, 6.07) is 11.1. The highest BCUT2D eigenvalue weighted by Gasteiger charge is 2.46. The number of aliphatic hydroxyl groups excluding tert-OH is 1. The molecule has 5 rings (SSSR count). The van der Waals surface area contributed by atoms with Gasteiger partial charge in [-0.2, -0.15) is 0 Å². The van der Waals surface area contributed by atoms with Gasteiger partial charge in [0.2, 0.25) is 0 Å². The third-order valence-electron chi connectivity index (χ3n) is 7.12. The van der Waals surface area contributed by atoms with Gasteiger partial charge in [-0.1, -0.05) is 12.1 Å². The van der Waals surface area contributed by atoms with Crippen LogP contribution in [0.5, 0.6) is 5.75 Å². The number of carbonyl (C=O) groups excluding carboxylic acids is 3. The van der Waals surface area contributed by atoms with Crippen molar-refractivity contribution >= 4 is 23.4 Å². The SMILES string of the molecule is COC(=O)c1ccc([C@@H]2/C(=C(\O)c3ccc4c(c3)C[C@@H](C)O4)C(=O)C(=O)N2CCN2CCOCC2)cc1. The Bertz CT molecular complexity index is 1250. The molecule has 9 heteroatoms. The molecule has 3 heterocycles. The van der Waals surface area contributed by atoms with E-state index in [1.807, 2.05) is 13.0 Å². The first kappa shape index (κ1) is 25.0. The summed E-state index contributed by atoms with van der Waals surface area (Å²) in [6.07, 6.45) is 0.731. The molecule has 194 valence electrons. The minimum Gasteiger partial charge on any atom is -0.507 e. The van der Waals surface area contributed by atoms with E-state index in [0.717, 1.165) is 24.4 Å². The normalized spacial score (nSPS) is 23.1. The van der Waals surface area contributed by atoms with E-state index in [-0.39, 0.29) is 17.4 Å². The molecule has 0 aromatic heterocycles. The second-order valence-corrected chi connectivity index (χ2v) is 9.52. The standard InChI is InChI=1S/C28H30N2O7/c1-17-15-21-16-20(7-8-22(21)37-17)25(31)23-24(18-3-5-19(6-4-18)28(34)35-2)30(27(33)26(23)32)10-9-29-11-13-36-14-12-29/h3-8,16-17,24,31H,9-15H2,1-2H3/b25-23+/t17-,24-/m1/s1. The number of ether oxygens (including phenoxy) is 3. The summed E-state index contributed by atoms with van der Waals surface area (Å²) in [5.74, 6) is -1.34. The van der Waals surface area contributed by atoms with E-state index in [4.69, 9.17) is 14.2 Å². The number of benzene rings is 2. The number of aliphatic hydroxyl groups is 1. The highest BCUT2D eigenvalue weighted by atomic mass is 16.5. The fourth-order valence-corrected chi connectivity index (χ4v) is 5.18. The molecule has 0 radical (unpaired) electrons. The Morgan fingerprint density at radius 3 is 2.46 bits per heavy atom. The molecule has 2 saturated heterocycles. The van der Waals surface area contributed by atoms with E-state index in [1.54, 1.807) is 36.4 Å². The van der Waals surface area contributed by atoms with Crippen molar-refractivity contribution in [1.29, 1.82) is 0 Å². The number of methoxy groups -OCH3 is 1. The Labute approximate surface area is 215 Å². The minimum absolute atomic E-state index is 0.0321. The first-order valence-electron chi connectivity index (χ1n) is 12.4. The molecular formula is C28H30N2O7. The summed E-state index contributed by atoms with van der Waals surface area (Å²) >= 11 is 0. The highest BCUT2D eigenvalue weighted by molar-refractivity contribution is 6.46. The summed E-state index contributed by atoms with van der Waals surface area (Å²) in [6.45, 7) is 5.59. The van der Waals surface area contributed by atoms with E-state index in [0.29, 0.717) is 49.4 Å². The summed E-state index contributed by atoms with van der Waals surface area (Å²) in [5.41, 5.74) is 2.40. The number of hydrogen-bond donors (Lipinski definition) is 1. The molecule has 1 amide bonds. The molecule has 0 aliphatic carbocycles. The number of hydrogen-bond acceptors (Lipinski definition) is 8. The van der Waals surface area contributed by atoms with Gasteiger partial charge in [-0.15, -0.1) is 0 Å². The van der Waals surface area contributed by atoms with Gasteiger partial charge in [0.1, 0.15) is 17.6 Å². The molecule has 0 unspecified atom stereocenters. The first-order chi connectivity index (χ1) is 17.9. The van der Waals surface area contributed by atoms with Gasteiger partial charge in [-0.3, -0.25) is 14.5 Å². The van der Waals surface area contributed by atoms with Crippen LogP contribution in [0.2, 0.25) is 0 Å². The maximum absolute atomic E-state index is 13.3. The largest absolute Gasteiger partial charge is 0.507 e. The monoisotopic (exact) mass is 506 g/mol. The average molecular weight is 507 g/mol. The summed E-state index contributed by atoms with van der Waals surface area (Å²) < 4.78 is 16.0. The quantitative estimate of drug-likeness (QED) is 0.276. The lowest BCUT2D eigenvalue weighted by Gasteiger charge is -2.31. The van der Waals surface area contributed by atoms with Crippen LogP contribution in [0.4, 0.5) is 0 Å². The van der Waals surface area contributed by atoms with E-state index >= 15 is 0 Å². The molecule has 2 aromatic carbocycles. The number of amides is 1. The fraction of sp³-hybridized carbons (Fsp3) is 0.393. The third kappa shape index (κ3) is 4.84. The smallest absolute Gasteiger partial charge is 0.337 e. The van der Waals surface area contributed by atoms with Gasteiger partial charge in [0.25, 0.3) is 11.7 Å². The zero-order valence-electron chi connectivity index (χ0n) is 20.9. The van der Waals surface area contributed by atoms with Crippen LogP contribution in [0.1, 0.15) is 40.0 Å². The molecular weight excluding hydrogens is 476 g/mol. The second-order valence-electron chi connectivity index (χ2n) is 9.52. The predicted molar refractivity (Wildman–Crippen MR) is 134 cm³/mol. The van der Waals surface area contributed by atoms with Crippen molar-refractivity contribution in [3.63, 3.8) is 0 Å². The number of Topliss-reactive ketones (excluding diaryl/α,β-unsaturated/α-hetero) is 1. The molecule has 0 bridgehead atoms. The van der Waals surface area contributed by atoms with Crippen LogP contribution in [-0.2, 0) is 25.5 Å². The molecule has 2 aromatic rings. The van der Waals surface area contributed by atoms with Gasteiger partial charge in [-0.05, 0) is 48.4 Å². The number of morpholine rings is 1.